The van der Waals surface area contributed by atoms with Crippen molar-refractivity contribution in [2.24, 2.45) is 17.8 Å². The van der Waals surface area contributed by atoms with Crippen molar-refractivity contribution in [2.75, 3.05) is 20.8 Å². The molecule has 3 aromatic carbocycles. The Bertz CT molecular complexity index is 1360. The van der Waals surface area contributed by atoms with Crippen LogP contribution in [0.3, 0.4) is 0 Å². The standard InChI is InChI=1S/C36H40O5/c1-4-40-34(37)13-10-25-17-32(38-2)35(33(18-25)39-3)29-11-12-31(41-23-24-8-6-5-7-9-24)30(19-29)36-20-26-14-27(21-36)16-28(15-26)22-36/h5-13,17-19,26-28H,4,14-16,20-23H2,1-3H3. The van der Waals surface area contributed by atoms with Gasteiger partial charge in [-0.25, -0.2) is 4.79 Å². The molecule has 0 aromatic heterocycles. The van der Waals surface area contributed by atoms with Gasteiger partial charge in [0.05, 0.1) is 26.4 Å². The lowest BCUT2D eigenvalue weighted by Crippen LogP contribution is -2.48. The van der Waals surface area contributed by atoms with E-state index in [1.165, 1.54) is 55.7 Å². The molecule has 0 saturated heterocycles. The number of ether oxygens (including phenoxy) is 4. The maximum Gasteiger partial charge on any atom is 0.330 e. The predicted octanol–water partition coefficient (Wildman–Crippen LogP) is 7.99. The molecule has 7 rings (SSSR count). The lowest BCUT2D eigenvalue weighted by Gasteiger charge is -2.57. The minimum Gasteiger partial charge on any atom is -0.496 e. The van der Waals surface area contributed by atoms with Gasteiger partial charge in [-0.2, -0.15) is 0 Å². The van der Waals surface area contributed by atoms with Crippen molar-refractivity contribution in [1.29, 1.82) is 0 Å². The normalized spacial score (nSPS) is 24.4. The van der Waals surface area contributed by atoms with Gasteiger partial charge in [0, 0.05) is 11.6 Å². The van der Waals surface area contributed by atoms with Gasteiger partial charge in [0.25, 0.3) is 0 Å². The highest BCUT2D eigenvalue weighted by Gasteiger charge is 2.52. The molecule has 0 spiro atoms. The summed E-state index contributed by atoms with van der Waals surface area (Å²) in [6, 6.07) is 20.9. The molecule has 5 heteroatoms. The number of methoxy groups -OCH3 is 2. The molecule has 5 nitrogen and oxygen atoms in total. The van der Waals surface area contributed by atoms with Crippen molar-refractivity contribution in [1.82, 2.24) is 0 Å². The molecule has 4 bridgehead atoms. The van der Waals surface area contributed by atoms with Gasteiger partial charge in [0.2, 0.25) is 0 Å². The highest BCUT2D eigenvalue weighted by atomic mass is 16.5. The molecule has 3 aromatic rings. The first kappa shape index (κ1) is 27.4. The monoisotopic (exact) mass is 552 g/mol. The molecular formula is C36H40O5. The minimum absolute atomic E-state index is 0.152. The fraction of sp³-hybridized carbons (Fsp3) is 0.417. The maximum atomic E-state index is 11.9. The van der Waals surface area contributed by atoms with E-state index in [1.807, 2.05) is 18.2 Å². The van der Waals surface area contributed by atoms with E-state index in [9.17, 15) is 4.79 Å². The van der Waals surface area contributed by atoms with Crippen LogP contribution in [0.5, 0.6) is 17.2 Å². The molecule has 0 amide bonds. The number of carbonyl (C=O) groups excluding carboxylic acids is 1. The van der Waals surface area contributed by atoms with Gasteiger partial charge >= 0.3 is 5.97 Å². The van der Waals surface area contributed by atoms with Crippen LogP contribution in [-0.4, -0.2) is 26.8 Å². The zero-order valence-electron chi connectivity index (χ0n) is 24.4. The van der Waals surface area contributed by atoms with Crippen LogP contribution in [0, 0.1) is 17.8 Å². The van der Waals surface area contributed by atoms with Crippen molar-refractivity contribution < 1.29 is 23.7 Å². The lowest BCUT2D eigenvalue weighted by atomic mass is 9.48. The van der Waals surface area contributed by atoms with Crippen LogP contribution < -0.4 is 14.2 Å². The molecule has 4 fully saturated rings. The minimum atomic E-state index is -0.374. The summed E-state index contributed by atoms with van der Waals surface area (Å²) < 4.78 is 23.4. The Kier molecular flexibility index (Phi) is 7.79. The zero-order chi connectivity index (χ0) is 28.4. The molecule has 0 unspecified atom stereocenters. The average molecular weight is 553 g/mol. The van der Waals surface area contributed by atoms with Crippen molar-refractivity contribution in [2.45, 2.75) is 57.5 Å². The van der Waals surface area contributed by atoms with E-state index in [4.69, 9.17) is 18.9 Å². The van der Waals surface area contributed by atoms with E-state index in [1.54, 1.807) is 27.2 Å². The largest absolute Gasteiger partial charge is 0.496 e. The van der Waals surface area contributed by atoms with Gasteiger partial charge in [0.1, 0.15) is 23.9 Å². The summed E-state index contributed by atoms with van der Waals surface area (Å²) in [6.07, 6.45) is 11.1. The quantitative estimate of drug-likeness (QED) is 0.188. The number of esters is 1. The summed E-state index contributed by atoms with van der Waals surface area (Å²) in [5, 5.41) is 0. The average Bonchev–Trinajstić information content (AvgIpc) is 2.98. The van der Waals surface area contributed by atoms with Crippen LogP contribution in [0.15, 0.2) is 66.7 Å². The van der Waals surface area contributed by atoms with E-state index < -0.39 is 0 Å². The van der Waals surface area contributed by atoms with Gasteiger partial charge in [-0.15, -0.1) is 0 Å². The molecule has 0 N–H and O–H groups in total. The van der Waals surface area contributed by atoms with Crippen LogP contribution in [0.4, 0.5) is 0 Å². The third-order valence-corrected chi connectivity index (χ3v) is 9.34. The first-order valence-electron chi connectivity index (χ1n) is 14.9. The van der Waals surface area contributed by atoms with Crippen molar-refractivity contribution in [3.05, 3.63) is 83.4 Å². The second-order valence-electron chi connectivity index (χ2n) is 12.1. The smallest absolute Gasteiger partial charge is 0.330 e. The summed E-state index contributed by atoms with van der Waals surface area (Å²) in [7, 11) is 3.35. The van der Waals surface area contributed by atoms with Gasteiger partial charge in [0.15, 0.2) is 0 Å². The molecule has 0 radical (unpaired) electrons. The molecule has 0 atom stereocenters. The van der Waals surface area contributed by atoms with Gasteiger partial charge in [-0.05, 0) is 116 Å². The Labute approximate surface area is 243 Å². The van der Waals surface area contributed by atoms with Gasteiger partial charge in [-0.1, -0.05) is 36.4 Å². The van der Waals surface area contributed by atoms with E-state index >= 15 is 0 Å². The maximum absolute atomic E-state index is 11.9. The summed E-state index contributed by atoms with van der Waals surface area (Å²) >= 11 is 0. The zero-order valence-corrected chi connectivity index (χ0v) is 24.4. The Morgan fingerprint density at radius 3 is 2.07 bits per heavy atom. The Morgan fingerprint density at radius 1 is 0.854 bits per heavy atom. The number of hydrogen-bond acceptors (Lipinski definition) is 5. The molecule has 4 saturated carbocycles. The number of rotatable bonds is 10. The second kappa shape index (κ2) is 11.6. The fourth-order valence-electron chi connectivity index (χ4n) is 8.07. The molecule has 214 valence electrons. The Hall–Kier alpha value is -3.73. The van der Waals surface area contributed by atoms with Crippen LogP contribution in [-0.2, 0) is 21.6 Å². The summed E-state index contributed by atoms with van der Waals surface area (Å²) in [5.41, 5.74) is 5.42. The first-order valence-corrected chi connectivity index (χ1v) is 14.9. The van der Waals surface area contributed by atoms with Gasteiger partial charge in [-0.3, -0.25) is 0 Å². The molecule has 0 heterocycles. The summed E-state index contributed by atoms with van der Waals surface area (Å²) in [5.74, 6) is 4.47. The van der Waals surface area contributed by atoms with Crippen LogP contribution in [0.2, 0.25) is 0 Å². The summed E-state index contributed by atoms with van der Waals surface area (Å²) in [6.45, 7) is 2.68. The topological polar surface area (TPSA) is 54.0 Å². The SMILES string of the molecule is CCOC(=O)C=Cc1cc(OC)c(-c2ccc(OCc3ccccc3)c(C34CC5CC(CC(C5)C3)C4)c2)c(OC)c1. The van der Waals surface area contributed by atoms with Crippen LogP contribution >= 0.6 is 0 Å². The van der Waals surface area contributed by atoms with E-state index in [0.29, 0.717) is 24.7 Å². The van der Waals surface area contributed by atoms with Crippen LogP contribution in [0.25, 0.3) is 17.2 Å². The first-order chi connectivity index (χ1) is 20.0. The van der Waals surface area contributed by atoms with Crippen LogP contribution in [0.1, 0.15) is 62.1 Å². The predicted molar refractivity (Wildman–Crippen MR) is 161 cm³/mol. The highest BCUT2D eigenvalue weighted by Crippen LogP contribution is 2.62. The molecule has 4 aliphatic rings. The molecule has 0 aliphatic heterocycles. The van der Waals surface area contributed by atoms with E-state index in [0.717, 1.165) is 40.2 Å². The molecule has 41 heavy (non-hydrogen) atoms. The van der Waals surface area contributed by atoms with Gasteiger partial charge < -0.3 is 18.9 Å². The highest BCUT2D eigenvalue weighted by molar-refractivity contribution is 5.88. The Morgan fingerprint density at radius 2 is 1.49 bits per heavy atom. The molecule has 4 aliphatic carbocycles. The molecular weight excluding hydrogens is 512 g/mol. The number of carbonyl (C=O) groups is 1. The second-order valence-corrected chi connectivity index (χ2v) is 12.1. The van der Waals surface area contributed by atoms with E-state index in [-0.39, 0.29) is 11.4 Å². The number of benzene rings is 3. The lowest BCUT2D eigenvalue weighted by molar-refractivity contribution is -0.137. The fourth-order valence-corrected chi connectivity index (χ4v) is 8.07. The van der Waals surface area contributed by atoms with Crippen molar-refractivity contribution in [3.63, 3.8) is 0 Å². The van der Waals surface area contributed by atoms with E-state index in [2.05, 4.69) is 42.5 Å². The summed E-state index contributed by atoms with van der Waals surface area (Å²) in [4.78, 5) is 11.9. The van der Waals surface area contributed by atoms with Crippen molar-refractivity contribution in [3.8, 4) is 28.4 Å². The Balaban J connectivity index is 1.41. The third-order valence-electron chi connectivity index (χ3n) is 9.34. The van der Waals surface area contributed by atoms with Crippen molar-refractivity contribution >= 4 is 12.0 Å². The third kappa shape index (κ3) is 5.59. The number of hydrogen-bond donors (Lipinski definition) is 0.